The molecule has 0 radical (unpaired) electrons. The lowest BCUT2D eigenvalue weighted by atomic mass is 10.1. The van der Waals surface area contributed by atoms with Crippen LogP contribution in [0.15, 0.2) is 47.2 Å². The van der Waals surface area contributed by atoms with Crippen molar-refractivity contribution in [2.75, 3.05) is 6.54 Å². The third-order valence-electron chi connectivity index (χ3n) is 3.14. The molecule has 1 heterocycles. The van der Waals surface area contributed by atoms with Gasteiger partial charge in [0, 0.05) is 29.5 Å². The fourth-order valence-electron chi connectivity index (χ4n) is 1.95. The quantitative estimate of drug-likeness (QED) is 0.878. The number of hydrogen-bond acceptors (Lipinski definition) is 3. The van der Waals surface area contributed by atoms with Crippen LogP contribution in [0, 0.1) is 5.82 Å². The van der Waals surface area contributed by atoms with E-state index in [1.165, 1.54) is 12.1 Å². The highest BCUT2D eigenvalue weighted by Gasteiger charge is 2.13. The van der Waals surface area contributed by atoms with E-state index >= 15 is 0 Å². The Kier molecular flexibility index (Phi) is 5.23. The van der Waals surface area contributed by atoms with Crippen LogP contribution in [0.1, 0.15) is 30.2 Å². The number of aliphatic hydroxyl groups is 1. The normalized spacial score (nSPS) is 14.0. The molecule has 20 heavy (non-hydrogen) atoms. The molecule has 0 aliphatic rings. The molecule has 2 unspecified atom stereocenters. The van der Waals surface area contributed by atoms with Gasteiger partial charge >= 0.3 is 0 Å². The molecule has 2 N–H and O–H groups in total. The van der Waals surface area contributed by atoms with Gasteiger partial charge < -0.3 is 10.4 Å². The van der Waals surface area contributed by atoms with Crippen LogP contribution in [0.25, 0.3) is 0 Å². The molecule has 0 aliphatic carbocycles. The third kappa shape index (κ3) is 3.85. The molecule has 0 spiro atoms. The summed E-state index contributed by atoms with van der Waals surface area (Å²) in [5, 5.41) is 13.3. The Morgan fingerprint density at radius 1 is 1.30 bits per heavy atom. The van der Waals surface area contributed by atoms with Crippen LogP contribution in [-0.4, -0.2) is 16.6 Å². The van der Waals surface area contributed by atoms with Crippen LogP contribution >= 0.6 is 15.9 Å². The van der Waals surface area contributed by atoms with Gasteiger partial charge in [-0.3, -0.25) is 4.98 Å². The molecule has 0 fully saturated rings. The first-order valence-corrected chi connectivity index (χ1v) is 7.13. The van der Waals surface area contributed by atoms with Crippen molar-refractivity contribution in [1.29, 1.82) is 0 Å². The minimum Gasteiger partial charge on any atom is -0.387 e. The monoisotopic (exact) mass is 338 g/mol. The van der Waals surface area contributed by atoms with Gasteiger partial charge in [-0.1, -0.05) is 22.0 Å². The van der Waals surface area contributed by atoms with Crippen molar-refractivity contribution in [3.63, 3.8) is 0 Å². The maximum atomic E-state index is 13.1. The van der Waals surface area contributed by atoms with E-state index in [4.69, 9.17) is 0 Å². The van der Waals surface area contributed by atoms with Crippen molar-refractivity contribution in [3.05, 3.63) is 64.1 Å². The fourth-order valence-corrected chi connectivity index (χ4v) is 2.65. The molecule has 2 atom stereocenters. The van der Waals surface area contributed by atoms with E-state index in [0.29, 0.717) is 6.54 Å². The fraction of sp³-hybridized carbons (Fsp3) is 0.267. The first-order valence-electron chi connectivity index (χ1n) is 6.34. The molecule has 1 aromatic carbocycles. The topological polar surface area (TPSA) is 45.1 Å². The molecule has 106 valence electrons. The second kappa shape index (κ2) is 6.92. The van der Waals surface area contributed by atoms with Crippen molar-refractivity contribution in [3.8, 4) is 0 Å². The molecule has 0 bridgehead atoms. The van der Waals surface area contributed by atoms with Crippen molar-refractivity contribution in [2.45, 2.75) is 19.1 Å². The van der Waals surface area contributed by atoms with Crippen molar-refractivity contribution < 1.29 is 9.50 Å². The second-order valence-corrected chi connectivity index (χ2v) is 5.45. The van der Waals surface area contributed by atoms with Crippen LogP contribution in [-0.2, 0) is 0 Å². The molecule has 0 amide bonds. The molecule has 0 saturated carbocycles. The Bertz CT molecular complexity index is 565. The van der Waals surface area contributed by atoms with E-state index in [2.05, 4.69) is 26.2 Å². The summed E-state index contributed by atoms with van der Waals surface area (Å²) in [7, 11) is 0. The molecule has 0 aliphatic heterocycles. The zero-order chi connectivity index (χ0) is 14.5. The minimum atomic E-state index is -0.598. The summed E-state index contributed by atoms with van der Waals surface area (Å²) < 4.78 is 13.8. The zero-order valence-electron chi connectivity index (χ0n) is 11.1. The first-order chi connectivity index (χ1) is 9.58. The van der Waals surface area contributed by atoms with E-state index in [9.17, 15) is 9.50 Å². The summed E-state index contributed by atoms with van der Waals surface area (Å²) in [4.78, 5) is 3.92. The van der Waals surface area contributed by atoms with Gasteiger partial charge in [-0.25, -0.2) is 4.39 Å². The Hall–Kier alpha value is -1.30. The largest absolute Gasteiger partial charge is 0.387 e. The van der Waals surface area contributed by atoms with E-state index in [0.717, 1.165) is 15.6 Å². The van der Waals surface area contributed by atoms with Crippen LogP contribution in [0.2, 0.25) is 0 Å². The average molecular weight is 339 g/mol. The molecule has 3 nitrogen and oxygen atoms in total. The van der Waals surface area contributed by atoms with Gasteiger partial charge in [0.05, 0.1) is 6.10 Å². The lowest BCUT2D eigenvalue weighted by Crippen LogP contribution is -2.25. The van der Waals surface area contributed by atoms with Crippen LogP contribution < -0.4 is 5.32 Å². The Balaban J connectivity index is 1.96. The SMILES string of the molecule is CC(NCC(O)c1ccncc1)c1ccc(F)cc1Br. The number of aliphatic hydroxyl groups excluding tert-OH is 1. The van der Waals surface area contributed by atoms with Gasteiger partial charge in [0.1, 0.15) is 5.82 Å². The van der Waals surface area contributed by atoms with Crippen molar-refractivity contribution >= 4 is 15.9 Å². The summed E-state index contributed by atoms with van der Waals surface area (Å²) in [6.07, 6.45) is 2.71. The molecular formula is C15H16BrFN2O. The number of nitrogens with one attached hydrogen (secondary N) is 1. The minimum absolute atomic E-state index is 0.00135. The number of pyridine rings is 1. The molecule has 5 heteroatoms. The lowest BCUT2D eigenvalue weighted by molar-refractivity contribution is 0.170. The number of halogens is 2. The van der Waals surface area contributed by atoms with Crippen LogP contribution in [0.5, 0.6) is 0 Å². The van der Waals surface area contributed by atoms with Gasteiger partial charge in [-0.05, 0) is 42.3 Å². The summed E-state index contributed by atoms with van der Waals surface area (Å²) in [6, 6.07) is 8.16. The smallest absolute Gasteiger partial charge is 0.124 e. The first kappa shape index (κ1) is 15.1. The van der Waals surface area contributed by atoms with Crippen molar-refractivity contribution in [1.82, 2.24) is 10.3 Å². The zero-order valence-corrected chi connectivity index (χ0v) is 12.6. The predicted molar refractivity (Wildman–Crippen MR) is 79.7 cm³/mol. The van der Waals surface area contributed by atoms with Crippen LogP contribution in [0.4, 0.5) is 4.39 Å². The molecular weight excluding hydrogens is 323 g/mol. The summed E-state index contributed by atoms with van der Waals surface area (Å²) in [5.74, 6) is -0.273. The predicted octanol–water partition coefficient (Wildman–Crippen LogP) is 3.37. The maximum absolute atomic E-state index is 13.1. The van der Waals surface area contributed by atoms with Crippen LogP contribution in [0.3, 0.4) is 0 Å². The molecule has 0 saturated heterocycles. The highest BCUT2D eigenvalue weighted by molar-refractivity contribution is 9.10. The highest BCUT2D eigenvalue weighted by atomic mass is 79.9. The number of rotatable bonds is 5. The Labute approximate surface area is 126 Å². The van der Waals surface area contributed by atoms with Gasteiger partial charge in [0.25, 0.3) is 0 Å². The summed E-state index contributed by atoms with van der Waals surface area (Å²) in [6.45, 7) is 2.38. The van der Waals surface area contributed by atoms with E-state index in [-0.39, 0.29) is 11.9 Å². The highest BCUT2D eigenvalue weighted by Crippen LogP contribution is 2.24. The molecule has 1 aromatic heterocycles. The molecule has 2 aromatic rings. The lowest BCUT2D eigenvalue weighted by Gasteiger charge is -2.18. The Morgan fingerprint density at radius 3 is 2.65 bits per heavy atom. The third-order valence-corrected chi connectivity index (χ3v) is 3.82. The summed E-state index contributed by atoms with van der Waals surface area (Å²) >= 11 is 3.35. The van der Waals surface area contributed by atoms with Gasteiger partial charge in [0.2, 0.25) is 0 Å². The number of nitrogens with zero attached hydrogens (tertiary/aromatic N) is 1. The van der Waals surface area contributed by atoms with Gasteiger partial charge in [-0.15, -0.1) is 0 Å². The van der Waals surface area contributed by atoms with Crippen molar-refractivity contribution in [2.24, 2.45) is 0 Å². The number of aromatic nitrogens is 1. The molecule has 2 rings (SSSR count). The Morgan fingerprint density at radius 2 is 2.00 bits per heavy atom. The van der Waals surface area contributed by atoms with Gasteiger partial charge in [0.15, 0.2) is 0 Å². The standard InChI is InChI=1S/C15H16BrFN2O/c1-10(13-3-2-12(17)8-14(13)16)19-9-15(20)11-4-6-18-7-5-11/h2-8,10,15,19-20H,9H2,1H3. The van der Waals surface area contributed by atoms with E-state index in [1.807, 2.05) is 6.92 Å². The number of benzene rings is 1. The van der Waals surface area contributed by atoms with Gasteiger partial charge in [-0.2, -0.15) is 0 Å². The summed E-state index contributed by atoms with van der Waals surface area (Å²) in [5.41, 5.74) is 1.77. The maximum Gasteiger partial charge on any atom is 0.124 e. The number of hydrogen-bond donors (Lipinski definition) is 2. The van der Waals surface area contributed by atoms with E-state index < -0.39 is 6.10 Å². The second-order valence-electron chi connectivity index (χ2n) is 4.59. The van der Waals surface area contributed by atoms with E-state index in [1.54, 1.807) is 30.6 Å². The average Bonchev–Trinajstić information content (AvgIpc) is 2.45.